The van der Waals surface area contributed by atoms with Gasteiger partial charge in [-0.2, -0.15) is 13.1 Å². The van der Waals surface area contributed by atoms with E-state index in [1.54, 1.807) is 0 Å². The van der Waals surface area contributed by atoms with Crippen molar-refractivity contribution in [2.24, 2.45) is 0 Å². The third-order valence-corrected chi connectivity index (χ3v) is 3.44. The summed E-state index contributed by atoms with van der Waals surface area (Å²) in [6, 6.07) is 3.69. The molecule has 3 N–H and O–H groups in total. The number of rotatable bonds is 7. The molecule has 0 aliphatic heterocycles. The maximum atomic E-state index is 11.6. The fraction of sp³-hybridized carbons (Fsp3) is 0.300. The van der Waals surface area contributed by atoms with E-state index in [1.807, 2.05) is 0 Å². The Labute approximate surface area is 115 Å². The summed E-state index contributed by atoms with van der Waals surface area (Å²) in [5, 5.41) is 8.75. The van der Waals surface area contributed by atoms with Gasteiger partial charge in [-0.25, -0.2) is 4.79 Å². The van der Waals surface area contributed by atoms with Gasteiger partial charge in [0.05, 0.1) is 22.9 Å². The summed E-state index contributed by atoms with van der Waals surface area (Å²) in [5.41, 5.74) is 0.0665. The van der Waals surface area contributed by atoms with Gasteiger partial charge in [0.25, 0.3) is 10.2 Å². The second-order valence-corrected chi connectivity index (χ2v) is 5.40. The Morgan fingerprint density at radius 2 is 2.16 bits per heavy atom. The highest BCUT2D eigenvalue weighted by molar-refractivity contribution is 7.90. The molecule has 19 heavy (non-hydrogen) atoms. The Balaban J connectivity index is 2.79. The molecule has 106 valence electrons. The van der Waals surface area contributed by atoms with Gasteiger partial charge in [0.2, 0.25) is 0 Å². The van der Waals surface area contributed by atoms with Crippen molar-refractivity contribution in [1.82, 2.24) is 4.72 Å². The zero-order valence-corrected chi connectivity index (χ0v) is 11.6. The molecule has 1 aromatic rings. The highest BCUT2D eigenvalue weighted by atomic mass is 35.5. The van der Waals surface area contributed by atoms with Crippen LogP contribution in [0.5, 0.6) is 0 Å². The molecule has 0 saturated carbocycles. The molecular formula is C10H13ClN2O5S. The standard InChI is InChI=1S/C10H13ClN2O5S/c1-18-5-4-12-19(16,17)13-9-3-2-7(10(14)15)6-8(9)11/h2-3,6,12-13H,4-5H2,1H3,(H,14,15). The van der Waals surface area contributed by atoms with Gasteiger partial charge in [-0.3, -0.25) is 4.72 Å². The van der Waals surface area contributed by atoms with E-state index in [1.165, 1.54) is 19.2 Å². The minimum absolute atomic E-state index is 0.00276. The lowest BCUT2D eigenvalue weighted by molar-refractivity contribution is 0.0697. The van der Waals surface area contributed by atoms with Crippen LogP contribution in [0.2, 0.25) is 5.02 Å². The van der Waals surface area contributed by atoms with E-state index in [9.17, 15) is 13.2 Å². The zero-order valence-electron chi connectivity index (χ0n) is 10.0. The van der Waals surface area contributed by atoms with Crippen LogP contribution in [0.4, 0.5) is 5.69 Å². The number of carboxylic acid groups (broad SMARTS) is 1. The number of aromatic carboxylic acids is 1. The third kappa shape index (κ3) is 5.03. The first-order chi connectivity index (χ1) is 8.85. The number of hydrogen-bond donors (Lipinski definition) is 3. The van der Waals surface area contributed by atoms with E-state index >= 15 is 0 Å². The number of nitrogens with one attached hydrogen (secondary N) is 2. The van der Waals surface area contributed by atoms with Gasteiger partial charge < -0.3 is 9.84 Å². The summed E-state index contributed by atoms with van der Waals surface area (Å²) in [5.74, 6) is -1.14. The van der Waals surface area contributed by atoms with Gasteiger partial charge in [-0.05, 0) is 18.2 Å². The summed E-state index contributed by atoms with van der Waals surface area (Å²) in [6.45, 7) is 0.337. The fourth-order valence-electron chi connectivity index (χ4n) is 1.19. The summed E-state index contributed by atoms with van der Waals surface area (Å²) >= 11 is 5.80. The van der Waals surface area contributed by atoms with Crippen molar-refractivity contribution in [2.45, 2.75) is 0 Å². The Morgan fingerprint density at radius 3 is 2.68 bits per heavy atom. The van der Waals surface area contributed by atoms with Gasteiger partial charge in [0.1, 0.15) is 0 Å². The number of hydrogen-bond acceptors (Lipinski definition) is 4. The Morgan fingerprint density at radius 1 is 1.47 bits per heavy atom. The Bertz CT molecular complexity index is 561. The number of methoxy groups -OCH3 is 1. The van der Waals surface area contributed by atoms with Crippen molar-refractivity contribution in [3.05, 3.63) is 28.8 Å². The van der Waals surface area contributed by atoms with Gasteiger partial charge in [0.15, 0.2) is 0 Å². The second-order valence-electron chi connectivity index (χ2n) is 3.49. The molecule has 0 heterocycles. The molecule has 0 atom stereocenters. The highest BCUT2D eigenvalue weighted by Crippen LogP contribution is 2.23. The molecule has 1 rings (SSSR count). The first kappa shape index (κ1) is 15.7. The average Bonchev–Trinajstić information content (AvgIpc) is 2.31. The molecule has 0 unspecified atom stereocenters. The number of halogens is 1. The van der Waals surface area contributed by atoms with Crippen LogP contribution < -0.4 is 9.44 Å². The van der Waals surface area contributed by atoms with Gasteiger partial charge in [0, 0.05) is 13.7 Å². The smallest absolute Gasteiger partial charge is 0.335 e. The van der Waals surface area contributed by atoms with E-state index in [2.05, 4.69) is 9.44 Å². The quantitative estimate of drug-likeness (QED) is 0.650. The summed E-state index contributed by atoms with van der Waals surface area (Å²) in [7, 11) is -2.33. The van der Waals surface area contributed by atoms with Crippen molar-refractivity contribution in [3.63, 3.8) is 0 Å². The largest absolute Gasteiger partial charge is 0.478 e. The summed E-state index contributed by atoms with van der Waals surface area (Å²) < 4.78 is 32.3. The van der Waals surface area contributed by atoms with Crippen LogP contribution in [0.15, 0.2) is 18.2 Å². The molecule has 0 saturated heterocycles. The SMILES string of the molecule is COCCNS(=O)(=O)Nc1ccc(C(=O)O)cc1Cl. The number of carbonyl (C=O) groups is 1. The minimum Gasteiger partial charge on any atom is -0.478 e. The molecule has 0 aromatic heterocycles. The number of anilines is 1. The van der Waals surface area contributed by atoms with Crippen molar-refractivity contribution in [3.8, 4) is 0 Å². The van der Waals surface area contributed by atoms with E-state index in [0.29, 0.717) is 0 Å². The molecule has 0 radical (unpaired) electrons. The normalized spacial score (nSPS) is 11.3. The lowest BCUT2D eigenvalue weighted by Gasteiger charge is -2.10. The molecule has 0 spiro atoms. The van der Waals surface area contributed by atoms with Crippen molar-refractivity contribution >= 4 is 33.5 Å². The topological polar surface area (TPSA) is 105 Å². The van der Waals surface area contributed by atoms with Gasteiger partial charge in [-0.15, -0.1) is 0 Å². The van der Waals surface area contributed by atoms with Gasteiger partial charge >= 0.3 is 5.97 Å². The minimum atomic E-state index is -3.77. The predicted molar refractivity (Wildman–Crippen MR) is 70.8 cm³/mol. The second kappa shape index (κ2) is 6.71. The molecular weight excluding hydrogens is 296 g/mol. The van der Waals surface area contributed by atoms with Crippen LogP contribution in [0, 0.1) is 0 Å². The van der Waals surface area contributed by atoms with Crippen LogP contribution in [-0.2, 0) is 14.9 Å². The predicted octanol–water partition coefficient (Wildman–Crippen LogP) is 0.931. The first-order valence-corrected chi connectivity index (χ1v) is 7.01. The van der Waals surface area contributed by atoms with Gasteiger partial charge in [-0.1, -0.05) is 11.6 Å². The molecule has 1 aromatic carbocycles. The molecule has 0 aliphatic rings. The molecule has 9 heteroatoms. The molecule has 0 aliphatic carbocycles. The zero-order chi connectivity index (χ0) is 14.5. The summed E-state index contributed by atoms with van der Waals surface area (Å²) in [6.07, 6.45) is 0. The van der Waals surface area contributed by atoms with E-state index in [4.69, 9.17) is 21.4 Å². The Kier molecular flexibility index (Phi) is 5.55. The molecule has 0 amide bonds. The van der Waals surface area contributed by atoms with Crippen LogP contribution in [-0.4, -0.2) is 39.8 Å². The van der Waals surface area contributed by atoms with Crippen LogP contribution >= 0.6 is 11.6 Å². The average molecular weight is 309 g/mol. The maximum absolute atomic E-state index is 11.6. The van der Waals surface area contributed by atoms with E-state index in [0.717, 1.165) is 6.07 Å². The lowest BCUT2D eigenvalue weighted by atomic mass is 10.2. The van der Waals surface area contributed by atoms with Crippen LogP contribution in [0.1, 0.15) is 10.4 Å². The first-order valence-electron chi connectivity index (χ1n) is 5.15. The lowest BCUT2D eigenvalue weighted by Crippen LogP contribution is -2.32. The van der Waals surface area contributed by atoms with Crippen molar-refractivity contribution in [1.29, 1.82) is 0 Å². The van der Waals surface area contributed by atoms with Crippen LogP contribution in [0.3, 0.4) is 0 Å². The highest BCUT2D eigenvalue weighted by Gasteiger charge is 2.13. The molecule has 0 bridgehead atoms. The maximum Gasteiger partial charge on any atom is 0.335 e. The van der Waals surface area contributed by atoms with Crippen molar-refractivity contribution < 1.29 is 23.1 Å². The molecule has 7 nitrogen and oxygen atoms in total. The monoisotopic (exact) mass is 308 g/mol. The van der Waals surface area contributed by atoms with E-state index < -0.39 is 16.2 Å². The van der Waals surface area contributed by atoms with Crippen LogP contribution in [0.25, 0.3) is 0 Å². The molecule has 0 fully saturated rings. The van der Waals surface area contributed by atoms with Crippen molar-refractivity contribution in [2.75, 3.05) is 25.0 Å². The Hall–Kier alpha value is -1.35. The summed E-state index contributed by atoms with van der Waals surface area (Å²) in [4.78, 5) is 10.7. The fourth-order valence-corrected chi connectivity index (χ4v) is 2.37. The number of ether oxygens (including phenoxy) is 1. The van der Waals surface area contributed by atoms with E-state index in [-0.39, 0.29) is 29.4 Å². The number of carboxylic acids is 1. The third-order valence-electron chi connectivity index (χ3n) is 2.06. The number of benzene rings is 1.